The molecule has 3 unspecified atom stereocenters. The Kier molecular flexibility index (Phi) is 3.26. The maximum Gasteiger partial charge on any atom is 0.240 e. The third-order valence-corrected chi connectivity index (χ3v) is 3.56. The molecule has 86 valence electrons. The number of likely N-dealkylation sites (tertiary alicyclic amines) is 1. The molecule has 2 aliphatic heterocycles. The molecule has 0 aromatic heterocycles. The number of nitrogens with zero attached hydrogens (tertiary/aromatic N) is 1. The molecule has 2 fully saturated rings. The van der Waals surface area contributed by atoms with Crippen LogP contribution < -0.4 is 5.32 Å². The molecule has 0 radical (unpaired) electrons. The second kappa shape index (κ2) is 4.49. The number of hydrogen-bond acceptors (Lipinski definition) is 3. The van der Waals surface area contributed by atoms with Gasteiger partial charge in [0.05, 0.1) is 12.1 Å². The highest BCUT2D eigenvalue weighted by molar-refractivity contribution is 5.82. The zero-order valence-corrected chi connectivity index (χ0v) is 9.53. The number of rotatable bonds is 2. The summed E-state index contributed by atoms with van der Waals surface area (Å²) in [5, 5.41) is 3.24. The smallest absolute Gasteiger partial charge is 0.240 e. The Morgan fingerprint density at radius 1 is 1.53 bits per heavy atom. The maximum absolute atomic E-state index is 12.1. The third-order valence-electron chi connectivity index (χ3n) is 3.56. The fourth-order valence-electron chi connectivity index (χ4n) is 2.53. The summed E-state index contributed by atoms with van der Waals surface area (Å²) in [5.74, 6) is 0.263. The molecular formula is C11H20N2O2. The minimum Gasteiger partial charge on any atom is -0.380 e. The van der Waals surface area contributed by atoms with Gasteiger partial charge < -0.3 is 15.0 Å². The Balaban J connectivity index is 1.91. The number of nitrogens with one attached hydrogen (secondary N) is 1. The predicted molar refractivity (Wildman–Crippen MR) is 57.6 cm³/mol. The van der Waals surface area contributed by atoms with E-state index in [0.717, 1.165) is 32.4 Å². The highest BCUT2D eigenvalue weighted by Crippen LogP contribution is 2.20. The van der Waals surface area contributed by atoms with Crippen LogP contribution in [-0.2, 0) is 9.53 Å². The SMILES string of the molecule is COC1CNC(C(=O)N2CCCC2C)C1. The highest BCUT2D eigenvalue weighted by atomic mass is 16.5. The van der Waals surface area contributed by atoms with Crippen LogP contribution in [0.1, 0.15) is 26.2 Å². The summed E-state index contributed by atoms with van der Waals surface area (Å²) in [4.78, 5) is 14.1. The van der Waals surface area contributed by atoms with E-state index in [-0.39, 0.29) is 18.1 Å². The van der Waals surface area contributed by atoms with Crippen LogP contribution in [0.25, 0.3) is 0 Å². The van der Waals surface area contributed by atoms with Gasteiger partial charge in [-0.1, -0.05) is 0 Å². The van der Waals surface area contributed by atoms with Crippen molar-refractivity contribution in [3.05, 3.63) is 0 Å². The van der Waals surface area contributed by atoms with E-state index in [9.17, 15) is 4.79 Å². The van der Waals surface area contributed by atoms with E-state index in [0.29, 0.717) is 6.04 Å². The number of methoxy groups -OCH3 is 1. The predicted octanol–water partition coefficient (Wildman–Crippen LogP) is 0.374. The van der Waals surface area contributed by atoms with Crippen LogP contribution in [0.3, 0.4) is 0 Å². The lowest BCUT2D eigenvalue weighted by Gasteiger charge is -2.24. The van der Waals surface area contributed by atoms with E-state index in [1.54, 1.807) is 7.11 Å². The normalized spacial score (nSPS) is 36.1. The van der Waals surface area contributed by atoms with Crippen molar-refractivity contribution >= 4 is 5.91 Å². The van der Waals surface area contributed by atoms with Crippen molar-refractivity contribution in [3.63, 3.8) is 0 Å². The molecule has 0 aromatic rings. The van der Waals surface area contributed by atoms with Crippen molar-refractivity contribution in [2.24, 2.45) is 0 Å². The van der Waals surface area contributed by atoms with Crippen molar-refractivity contribution in [1.29, 1.82) is 0 Å². The molecule has 2 heterocycles. The number of hydrogen-bond donors (Lipinski definition) is 1. The second-order valence-electron chi connectivity index (χ2n) is 4.58. The Labute approximate surface area is 91.0 Å². The first-order chi connectivity index (χ1) is 7.22. The van der Waals surface area contributed by atoms with Gasteiger partial charge in [0.25, 0.3) is 0 Å². The van der Waals surface area contributed by atoms with Crippen molar-refractivity contribution in [3.8, 4) is 0 Å². The quantitative estimate of drug-likeness (QED) is 0.719. The van der Waals surface area contributed by atoms with Crippen molar-refractivity contribution in [1.82, 2.24) is 10.2 Å². The van der Waals surface area contributed by atoms with E-state index in [4.69, 9.17) is 4.74 Å². The van der Waals surface area contributed by atoms with Crippen LogP contribution in [0.4, 0.5) is 0 Å². The van der Waals surface area contributed by atoms with E-state index >= 15 is 0 Å². The summed E-state index contributed by atoms with van der Waals surface area (Å²) in [5.41, 5.74) is 0. The molecule has 1 N–H and O–H groups in total. The molecule has 0 spiro atoms. The molecule has 2 saturated heterocycles. The fourth-order valence-corrected chi connectivity index (χ4v) is 2.53. The minimum atomic E-state index is -0.0181. The monoisotopic (exact) mass is 212 g/mol. The van der Waals surface area contributed by atoms with E-state index < -0.39 is 0 Å². The average Bonchev–Trinajstić information content (AvgIpc) is 2.84. The molecule has 4 heteroatoms. The van der Waals surface area contributed by atoms with Gasteiger partial charge in [-0.2, -0.15) is 0 Å². The van der Waals surface area contributed by atoms with Crippen molar-refractivity contribution in [2.75, 3.05) is 20.2 Å². The molecule has 1 amide bonds. The molecule has 0 bridgehead atoms. The van der Waals surface area contributed by atoms with Crippen LogP contribution >= 0.6 is 0 Å². The van der Waals surface area contributed by atoms with Gasteiger partial charge in [-0.3, -0.25) is 4.79 Å². The Morgan fingerprint density at radius 3 is 2.87 bits per heavy atom. The fraction of sp³-hybridized carbons (Fsp3) is 0.909. The lowest BCUT2D eigenvalue weighted by atomic mass is 10.1. The molecule has 3 atom stereocenters. The number of amides is 1. The van der Waals surface area contributed by atoms with Crippen molar-refractivity contribution in [2.45, 2.75) is 44.4 Å². The average molecular weight is 212 g/mol. The summed E-state index contributed by atoms with van der Waals surface area (Å²) in [6, 6.07) is 0.399. The molecule has 4 nitrogen and oxygen atoms in total. The van der Waals surface area contributed by atoms with Gasteiger partial charge in [-0.15, -0.1) is 0 Å². The van der Waals surface area contributed by atoms with Gasteiger partial charge in [0.2, 0.25) is 5.91 Å². The first-order valence-electron chi connectivity index (χ1n) is 5.79. The number of carbonyl (C=O) groups is 1. The third kappa shape index (κ3) is 2.16. The first kappa shape index (κ1) is 10.9. The van der Waals surface area contributed by atoms with E-state index in [1.807, 2.05) is 4.90 Å². The molecule has 2 aliphatic rings. The molecule has 15 heavy (non-hydrogen) atoms. The van der Waals surface area contributed by atoms with Gasteiger partial charge in [-0.05, 0) is 26.2 Å². The Morgan fingerprint density at radius 2 is 2.33 bits per heavy atom. The van der Waals surface area contributed by atoms with E-state index in [2.05, 4.69) is 12.2 Å². The Hall–Kier alpha value is -0.610. The summed E-state index contributed by atoms with van der Waals surface area (Å²) >= 11 is 0. The molecule has 0 aromatic carbocycles. The van der Waals surface area contributed by atoms with Crippen LogP contribution in [-0.4, -0.2) is 49.2 Å². The summed E-state index contributed by atoms with van der Waals surface area (Å²) in [7, 11) is 1.71. The largest absolute Gasteiger partial charge is 0.380 e. The first-order valence-corrected chi connectivity index (χ1v) is 5.79. The van der Waals surface area contributed by atoms with Crippen LogP contribution in [0.2, 0.25) is 0 Å². The van der Waals surface area contributed by atoms with Crippen LogP contribution in [0.15, 0.2) is 0 Å². The lowest BCUT2D eigenvalue weighted by Crippen LogP contribution is -2.44. The maximum atomic E-state index is 12.1. The summed E-state index contributed by atoms with van der Waals surface area (Å²) in [6.45, 7) is 3.86. The molecule has 0 aliphatic carbocycles. The summed E-state index contributed by atoms with van der Waals surface area (Å²) < 4.78 is 5.25. The standard InChI is InChI=1S/C11H20N2O2/c1-8-4-3-5-13(8)11(14)10-6-9(15-2)7-12-10/h8-10,12H,3-7H2,1-2H3. The van der Waals surface area contributed by atoms with Crippen LogP contribution in [0, 0.1) is 0 Å². The van der Waals surface area contributed by atoms with Crippen molar-refractivity contribution < 1.29 is 9.53 Å². The Bertz CT molecular complexity index is 245. The molecular weight excluding hydrogens is 192 g/mol. The van der Waals surface area contributed by atoms with Gasteiger partial charge >= 0.3 is 0 Å². The highest BCUT2D eigenvalue weighted by Gasteiger charge is 2.35. The zero-order chi connectivity index (χ0) is 10.8. The molecule has 0 saturated carbocycles. The van der Waals surface area contributed by atoms with Gasteiger partial charge in [-0.25, -0.2) is 0 Å². The topological polar surface area (TPSA) is 41.6 Å². The summed E-state index contributed by atoms with van der Waals surface area (Å²) in [6.07, 6.45) is 3.31. The van der Waals surface area contributed by atoms with Crippen LogP contribution in [0.5, 0.6) is 0 Å². The zero-order valence-electron chi connectivity index (χ0n) is 9.53. The van der Waals surface area contributed by atoms with E-state index in [1.165, 1.54) is 0 Å². The van der Waals surface area contributed by atoms with Gasteiger partial charge in [0, 0.05) is 26.2 Å². The van der Waals surface area contributed by atoms with Gasteiger partial charge in [0.1, 0.15) is 0 Å². The van der Waals surface area contributed by atoms with Gasteiger partial charge in [0.15, 0.2) is 0 Å². The second-order valence-corrected chi connectivity index (χ2v) is 4.58. The minimum absolute atomic E-state index is 0.0181. The lowest BCUT2D eigenvalue weighted by molar-refractivity contribution is -0.133. The molecule has 2 rings (SSSR count). The number of carbonyl (C=O) groups excluding carboxylic acids is 1. The number of ether oxygens (including phenoxy) is 1.